The number of aromatic nitrogens is 1. The second kappa shape index (κ2) is 5.29. The highest BCUT2D eigenvalue weighted by Gasteiger charge is 2.06. The van der Waals surface area contributed by atoms with Crippen LogP contribution in [0.5, 0.6) is 0 Å². The summed E-state index contributed by atoms with van der Waals surface area (Å²) in [4.78, 5) is 11.4. The minimum absolute atomic E-state index is 0.141. The smallest absolute Gasteiger partial charge is 0.303 e. The zero-order valence-electron chi connectivity index (χ0n) is 8.89. The summed E-state index contributed by atoms with van der Waals surface area (Å²) < 4.78 is 4.30. The van der Waals surface area contributed by atoms with Gasteiger partial charge in [0.1, 0.15) is 0 Å². The predicted octanol–water partition coefficient (Wildman–Crippen LogP) is 3.48. The Hall–Kier alpha value is -1.39. The molecule has 5 heteroatoms. The van der Waals surface area contributed by atoms with Crippen molar-refractivity contribution in [3.63, 3.8) is 0 Å². The summed E-state index contributed by atoms with van der Waals surface area (Å²) >= 11 is 7.15. The molecule has 0 atom stereocenters. The molecule has 0 bridgehead atoms. The van der Waals surface area contributed by atoms with Crippen molar-refractivity contribution >= 4 is 29.1 Å². The van der Waals surface area contributed by atoms with Gasteiger partial charge >= 0.3 is 5.97 Å². The number of benzene rings is 1. The minimum Gasteiger partial charge on any atom is -0.481 e. The van der Waals surface area contributed by atoms with Crippen LogP contribution in [0.15, 0.2) is 30.3 Å². The van der Waals surface area contributed by atoms with E-state index < -0.39 is 5.97 Å². The molecule has 0 fully saturated rings. The average Bonchev–Trinajstić information content (AvgIpc) is 2.76. The van der Waals surface area contributed by atoms with Crippen molar-refractivity contribution in [1.82, 2.24) is 4.37 Å². The van der Waals surface area contributed by atoms with E-state index >= 15 is 0 Å². The zero-order valence-corrected chi connectivity index (χ0v) is 10.5. The summed E-state index contributed by atoms with van der Waals surface area (Å²) in [5.74, 6) is -0.786. The summed E-state index contributed by atoms with van der Waals surface area (Å²) in [6.45, 7) is 0. The first-order valence-electron chi connectivity index (χ1n) is 5.08. The quantitative estimate of drug-likeness (QED) is 0.923. The number of carboxylic acid groups (broad SMARTS) is 1. The summed E-state index contributed by atoms with van der Waals surface area (Å²) in [6.07, 6.45) is 0.669. The lowest BCUT2D eigenvalue weighted by molar-refractivity contribution is -0.136. The van der Waals surface area contributed by atoms with Crippen LogP contribution in [0.1, 0.15) is 11.3 Å². The Morgan fingerprint density at radius 3 is 2.71 bits per heavy atom. The van der Waals surface area contributed by atoms with Crippen LogP contribution in [-0.4, -0.2) is 15.4 Å². The highest BCUT2D eigenvalue weighted by Crippen LogP contribution is 2.24. The third-order valence-electron chi connectivity index (χ3n) is 2.28. The number of nitrogens with zero attached hydrogens (tertiary/aromatic N) is 1. The van der Waals surface area contributed by atoms with Gasteiger partial charge < -0.3 is 5.11 Å². The standard InChI is InChI=1S/C12H10ClNO2S/c13-9-3-1-8(2-4-9)11-7-10(17-14-11)5-6-12(15)16/h1-4,7H,5-6H2,(H,15,16). The van der Waals surface area contributed by atoms with Crippen molar-refractivity contribution in [3.8, 4) is 11.3 Å². The van der Waals surface area contributed by atoms with Crippen molar-refractivity contribution in [2.45, 2.75) is 12.8 Å². The van der Waals surface area contributed by atoms with Gasteiger partial charge in [0, 0.05) is 15.5 Å². The largest absolute Gasteiger partial charge is 0.481 e. The third-order valence-corrected chi connectivity index (χ3v) is 3.38. The number of hydrogen-bond donors (Lipinski definition) is 1. The number of aryl methyl sites for hydroxylation is 1. The Morgan fingerprint density at radius 2 is 2.06 bits per heavy atom. The number of aliphatic carboxylic acids is 1. The highest BCUT2D eigenvalue weighted by atomic mass is 35.5. The molecule has 0 saturated heterocycles. The van der Waals surface area contributed by atoms with Crippen molar-refractivity contribution in [3.05, 3.63) is 40.2 Å². The van der Waals surface area contributed by atoms with Gasteiger partial charge in [0.05, 0.1) is 12.1 Å². The topological polar surface area (TPSA) is 50.2 Å². The number of halogens is 1. The lowest BCUT2D eigenvalue weighted by Gasteiger charge is -1.95. The normalized spacial score (nSPS) is 10.4. The molecule has 0 aliphatic carbocycles. The molecule has 0 saturated carbocycles. The van der Waals surface area contributed by atoms with Crippen LogP contribution in [0, 0.1) is 0 Å². The first kappa shape index (κ1) is 12.1. The molecule has 1 aromatic heterocycles. The van der Waals surface area contributed by atoms with Gasteiger partial charge in [-0.1, -0.05) is 23.7 Å². The molecule has 0 unspecified atom stereocenters. The van der Waals surface area contributed by atoms with E-state index in [-0.39, 0.29) is 6.42 Å². The fraction of sp³-hybridized carbons (Fsp3) is 0.167. The molecule has 1 aromatic carbocycles. The van der Waals surface area contributed by atoms with Gasteiger partial charge in [0.2, 0.25) is 0 Å². The van der Waals surface area contributed by atoms with E-state index in [1.807, 2.05) is 30.3 Å². The van der Waals surface area contributed by atoms with E-state index in [2.05, 4.69) is 4.37 Å². The van der Waals surface area contributed by atoms with Crippen LogP contribution in [0.2, 0.25) is 5.02 Å². The van der Waals surface area contributed by atoms with Gasteiger partial charge in [-0.25, -0.2) is 0 Å². The first-order valence-corrected chi connectivity index (χ1v) is 6.23. The molecule has 1 N–H and O–H groups in total. The number of carbonyl (C=O) groups is 1. The zero-order chi connectivity index (χ0) is 12.3. The molecule has 3 nitrogen and oxygen atoms in total. The molecule has 2 rings (SSSR count). The summed E-state index contributed by atoms with van der Waals surface area (Å²) in [5, 5.41) is 9.29. The molecule has 17 heavy (non-hydrogen) atoms. The Bertz CT molecular complexity index is 522. The van der Waals surface area contributed by atoms with Gasteiger partial charge in [0.15, 0.2) is 0 Å². The van der Waals surface area contributed by atoms with E-state index in [1.54, 1.807) is 0 Å². The lowest BCUT2D eigenvalue weighted by atomic mass is 10.1. The summed E-state index contributed by atoms with van der Waals surface area (Å²) in [7, 11) is 0. The van der Waals surface area contributed by atoms with Gasteiger partial charge in [-0.05, 0) is 36.2 Å². The molecule has 0 spiro atoms. The van der Waals surface area contributed by atoms with Gasteiger partial charge in [-0.15, -0.1) is 0 Å². The van der Waals surface area contributed by atoms with Crippen LogP contribution in [0.4, 0.5) is 0 Å². The van der Waals surface area contributed by atoms with E-state index in [0.29, 0.717) is 11.4 Å². The molecular weight excluding hydrogens is 258 g/mol. The van der Waals surface area contributed by atoms with Crippen LogP contribution in [0.3, 0.4) is 0 Å². The summed E-state index contributed by atoms with van der Waals surface area (Å²) in [5.41, 5.74) is 1.86. The second-order valence-corrected chi connectivity index (χ2v) is 4.91. The fourth-order valence-corrected chi connectivity index (χ4v) is 2.28. The summed E-state index contributed by atoms with van der Waals surface area (Å²) in [6, 6.07) is 9.36. The molecule has 0 amide bonds. The van der Waals surface area contributed by atoms with Gasteiger partial charge in [0.25, 0.3) is 0 Å². The van der Waals surface area contributed by atoms with E-state index in [4.69, 9.17) is 16.7 Å². The molecule has 0 aliphatic heterocycles. The van der Waals surface area contributed by atoms with E-state index in [9.17, 15) is 4.79 Å². The van der Waals surface area contributed by atoms with Crippen LogP contribution in [0.25, 0.3) is 11.3 Å². The molecular formula is C12H10ClNO2S. The second-order valence-electron chi connectivity index (χ2n) is 3.58. The molecule has 0 aliphatic rings. The number of rotatable bonds is 4. The minimum atomic E-state index is -0.786. The van der Waals surface area contributed by atoms with Crippen LogP contribution < -0.4 is 0 Å². The maximum atomic E-state index is 10.5. The average molecular weight is 268 g/mol. The molecule has 88 valence electrons. The Labute approximate surface area is 108 Å². The highest BCUT2D eigenvalue weighted by molar-refractivity contribution is 7.06. The maximum Gasteiger partial charge on any atom is 0.303 e. The van der Waals surface area contributed by atoms with Crippen molar-refractivity contribution < 1.29 is 9.90 Å². The van der Waals surface area contributed by atoms with Crippen molar-refractivity contribution in [2.75, 3.05) is 0 Å². The molecule has 1 heterocycles. The number of hydrogen-bond acceptors (Lipinski definition) is 3. The molecule has 0 radical (unpaired) electrons. The van der Waals surface area contributed by atoms with Gasteiger partial charge in [-0.2, -0.15) is 4.37 Å². The fourth-order valence-electron chi connectivity index (χ4n) is 1.42. The van der Waals surface area contributed by atoms with Gasteiger partial charge in [-0.3, -0.25) is 4.79 Å². The van der Waals surface area contributed by atoms with Crippen LogP contribution in [-0.2, 0) is 11.2 Å². The first-order chi connectivity index (χ1) is 8.15. The predicted molar refractivity (Wildman–Crippen MR) is 68.5 cm³/mol. The molecule has 2 aromatic rings. The van der Waals surface area contributed by atoms with Crippen molar-refractivity contribution in [1.29, 1.82) is 0 Å². The Balaban J connectivity index is 2.12. The SMILES string of the molecule is O=C(O)CCc1cc(-c2ccc(Cl)cc2)ns1. The van der Waals surface area contributed by atoms with Crippen molar-refractivity contribution in [2.24, 2.45) is 0 Å². The van der Waals surface area contributed by atoms with Crippen LogP contribution >= 0.6 is 23.1 Å². The third kappa shape index (κ3) is 3.28. The monoisotopic (exact) mass is 267 g/mol. The Kier molecular flexibility index (Phi) is 3.76. The van der Waals surface area contributed by atoms with E-state index in [1.165, 1.54) is 11.5 Å². The lowest BCUT2D eigenvalue weighted by Crippen LogP contribution is -1.95. The number of carboxylic acids is 1. The Morgan fingerprint density at radius 1 is 1.35 bits per heavy atom. The maximum absolute atomic E-state index is 10.5. The van der Waals surface area contributed by atoms with E-state index in [0.717, 1.165) is 16.1 Å².